The van der Waals surface area contributed by atoms with Gasteiger partial charge in [0.05, 0.1) is 23.6 Å². The molecule has 0 spiro atoms. The van der Waals surface area contributed by atoms with Crippen molar-refractivity contribution in [2.24, 2.45) is 0 Å². The molecule has 0 bridgehead atoms. The van der Waals surface area contributed by atoms with E-state index in [1.54, 1.807) is 55.7 Å². The second-order valence-corrected chi connectivity index (χ2v) is 7.08. The smallest absolute Gasteiger partial charge is 0.256 e. The van der Waals surface area contributed by atoms with Crippen LogP contribution in [0.2, 0.25) is 0 Å². The lowest BCUT2D eigenvalue weighted by Crippen LogP contribution is -2.02. The number of nitrogens with one attached hydrogen (secondary N) is 1. The maximum absolute atomic E-state index is 13.1. The van der Waals surface area contributed by atoms with Crippen LogP contribution in [0.15, 0.2) is 80.7 Å². The van der Waals surface area contributed by atoms with E-state index in [1.165, 1.54) is 0 Å². The van der Waals surface area contributed by atoms with Gasteiger partial charge in [-0.25, -0.2) is 0 Å². The van der Waals surface area contributed by atoms with Crippen LogP contribution in [0.1, 0.15) is 11.5 Å². The lowest BCUT2D eigenvalue weighted by molar-refractivity contribution is 0.414. The van der Waals surface area contributed by atoms with Gasteiger partial charge in [0.25, 0.3) is 5.56 Å². The van der Waals surface area contributed by atoms with E-state index in [0.29, 0.717) is 27.2 Å². The van der Waals surface area contributed by atoms with E-state index in [4.69, 9.17) is 9.15 Å². The number of H-pyrrole nitrogens is 1. The van der Waals surface area contributed by atoms with Crippen molar-refractivity contribution < 1.29 is 9.15 Å². The number of para-hydroxylation sites is 2. The van der Waals surface area contributed by atoms with E-state index in [0.717, 1.165) is 11.3 Å². The van der Waals surface area contributed by atoms with Gasteiger partial charge in [0.2, 0.25) is 11.8 Å². The van der Waals surface area contributed by atoms with Crippen molar-refractivity contribution in [2.75, 3.05) is 7.11 Å². The Balaban J connectivity index is 1.64. The molecule has 5 aromatic rings. The first-order valence-corrected chi connectivity index (χ1v) is 9.89. The van der Waals surface area contributed by atoms with Crippen LogP contribution in [-0.4, -0.2) is 22.3 Å². The third kappa shape index (κ3) is 3.35. The van der Waals surface area contributed by atoms with Gasteiger partial charge in [-0.1, -0.05) is 42.5 Å². The van der Waals surface area contributed by atoms with Crippen LogP contribution in [0.3, 0.4) is 0 Å². The van der Waals surface area contributed by atoms with Crippen molar-refractivity contribution >= 4 is 33.8 Å². The zero-order valence-electron chi connectivity index (χ0n) is 17.0. The van der Waals surface area contributed by atoms with Gasteiger partial charge in [0.1, 0.15) is 5.75 Å². The molecule has 1 N–H and O–H groups in total. The Labute approximate surface area is 181 Å². The number of hydrogen-bond acceptors (Lipinski definition) is 6. The summed E-state index contributed by atoms with van der Waals surface area (Å²) in [7, 11) is 1.60. The van der Waals surface area contributed by atoms with Gasteiger partial charge in [-0.2, -0.15) is 0 Å². The maximum Gasteiger partial charge on any atom is 0.256 e. The third-order valence-electron chi connectivity index (χ3n) is 5.18. The summed E-state index contributed by atoms with van der Waals surface area (Å²) >= 11 is 0. The van der Waals surface area contributed by atoms with Crippen LogP contribution >= 0.6 is 0 Å². The molecule has 2 heterocycles. The van der Waals surface area contributed by atoms with E-state index in [9.17, 15) is 9.59 Å². The Bertz CT molecular complexity index is 1620. The monoisotopic (exact) mass is 423 g/mol. The first-order valence-electron chi connectivity index (χ1n) is 9.89. The highest BCUT2D eigenvalue weighted by molar-refractivity contribution is 5.96. The van der Waals surface area contributed by atoms with Gasteiger partial charge < -0.3 is 14.1 Å². The first-order chi connectivity index (χ1) is 15.7. The molecular weight excluding hydrogens is 406 g/mol. The number of rotatable bonds is 4. The minimum atomic E-state index is -0.365. The van der Waals surface area contributed by atoms with Crippen molar-refractivity contribution in [1.82, 2.24) is 15.2 Å². The first kappa shape index (κ1) is 19.4. The summed E-state index contributed by atoms with van der Waals surface area (Å²) in [5.41, 5.74) is 1.07. The quantitative estimate of drug-likeness (QED) is 0.464. The van der Waals surface area contributed by atoms with Crippen LogP contribution in [0.25, 0.3) is 45.3 Å². The number of aromatic nitrogens is 3. The Kier molecular flexibility index (Phi) is 4.84. The SMILES string of the molecule is COc1ccccc1/C=C/c1nnc(-c2cccc3c(=O)c4ccccc4c(=O)[nH]c23)o1. The zero-order chi connectivity index (χ0) is 22.1. The van der Waals surface area contributed by atoms with Crippen LogP contribution in [0, 0.1) is 0 Å². The summed E-state index contributed by atoms with van der Waals surface area (Å²) in [5, 5.41) is 9.23. The summed E-state index contributed by atoms with van der Waals surface area (Å²) in [5.74, 6) is 1.19. The molecule has 7 nitrogen and oxygen atoms in total. The molecule has 0 amide bonds. The average molecular weight is 423 g/mol. The minimum Gasteiger partial charge on any atom is -0.496 e. The van der Waals surface area contributed by atoms with E-state index < -0.39 is 0 Å². The standard InChI is InChI=1S/C25H17N3O4/c1-31-20-12-5-2-7-15(20)13-14-21-27-28-25(32-21)19-11-6-10-18-22(19)26-24(30)17-9-4-3-8-16(17)23(18)29/h2-14H,1H3,(H,26,30)/b14-13+. The second kappa shape index (κ2) is 7.96. The molecule has 32 heavy (non-hydrogen) atoms. The predicted octanol–water partition coefficient (Wildman–Crippen LogP) is 4.27. The van der Waals surface area contributed by atoms with Gasteiger partial charge in [-0.05, 0) is 30.3 Å². The Morgan fingerprint density at radius 2 is 1.59 bits per heavy atom. The molecule has 0 unspecified atom stereocenters. The number of hydrogen-bond donors (Lipinski definition) is 1. The Morgan fingerprint density at radius 3 is 2.44 bits per heavy atom. The number of aromatic amines is 1. The fraction of sp³-hybridized carbons (Fsp3) is 0.0400. The topological polar surface area (TPSA) is 98.1 Å². The van der Waals surface area contributed by atoms with Crippen LogP contribution in [0.4, 0.5) is 0 Å². The maximum atomic E-state index is 13.1. The van der Waals surface area contributed by atoms with E-state index in [-0.39, 0.29) is 22.8 Å². The van der Waals surface area contributed by atoms with E-state index >= 15 is 0 Å². The molecule has 0 aliphatic heterocycles. The van der Waals surface area contributed by atoms with Crippen LogP contribution in [0.5, 0.6) is 5.75 Å². The van der Waals surface area contributed by atoms with Crippen LogP contribution < -0.4 is 15.7 Å². The molecule has 0 saturated heterocycles. The zero-order valence-corrected chi connectivity index (χ0v) is 17.0. The molecule has 0 fully saturated rings. The second-order valence-electron chi connectivity index (χ2n) is 7.08. The fourth-order valence-electron chi connectivity index (χ4n) is 3.64. The van der Waals surface area contributed by atoms with Crippen molar-refractivity contribution in [3.8, 4) is 17.2 Å². The summed E-state index contributed by atoms with van der Waals surface area (Å²) < 4.78 is 11.1. The largest absolute Gasteiger partial charge is 0.496 e. The molecule has 2 aromatic heterocycles. The number of benzene rings is 3. The molecule has 7 heteroatoms. The van der Waals surface area contributed by atoms with Crippen molar-refractivity contribution in [3.63, 3.8) is 0 Å². The molecule has 0 aliphatic rings. The fourth-order valence-corrected chi connectivity index (χ4v) is 3.64. The predicted molar refractivity (Wildman–Crippen MR) is 124 cm³/mol. The molecule has 5 rings (SSSR count). The van der Waals surface area contributed by atoms with Gasteiger partial charge in [-0.3, -0.25) is 9.59 Å². The number of methoxy groups -OCH3 is 1. The van der Waals surface area contributed by atoms with Gasteiger partial charge in [-0.15, -0.1) is 10.2 Å². The highest BCUT2D eigenvalue weighted by Gasteiger charge is 2.14. The summed E-state index contributed by atoms with van der Waals surface area (Å²) in [4.78, 5) is 28.7. The normalized spacial score (nSPS) is 11.4. The van der Waals surface area contributed by atoms with Gasteiger partial charge in [0, 0.05) is 22.4 Å². The average Bonchev–Trinajstić information content (AvgIpc) is 3.27. The number of ether oxygens (including phenoxy) is 1. The highest BCUT2D eigenvalue weighted by Crippen LogP contribution is 2.26. The highest BCUT2D eigenvalue weighted by atomic mass is 16.5. The summed E-state index contributed by atoms with van der Waals surface area (Å²) in [6.07, 6.45) is 3.49. The molecule has 0 atom stereocenters. The van der Waals surface area contributed by atoms with Crippen molar-refractivity contribution in [1.29, 1.82) is 0 Å². The number of nitrogens with zero attached hydrogens (tertiary/aromatic N) is 2. The van der Waals surface area contributed by atoms with E-state index in [1.807, 2.05) is 30.3 Å². The van der Waals surface area contributed by atoms with Gasteiger partial charge in [0.15, 0.2) is 5.43 Å². The lowest BCUT2D eigenvalue weighted by atomic mass is 10.1. The Morgan fingerprint density at radius 1 is 0.844 bits per heavy atom. The van der Waals surface area contributed by atoms with E-state index in [2.05, 4.69) is 15.2 Å². The number of fused-ring (bicyclic) bond motifs is 2. The molecule has 0 radical (unpaired) electrons. The third-order valence-corrected chi connectivity index (χ3v) is 5.18. The molecule has 0 aliphatic carbocycles. The van der Waals surface area contributed by atoms with Crippen molar-refractivity contribution in [3.05, 3.63) is 98.8 Å². The lowest BCUT2D eigenvalue weighted by Gasteiger charge is -2.02. The van der Waals surface area contributed by atoms with Gasteiger partial charge >= 0.3 is 0 Å². The molecular formula is C25H17N3O4. The molecule has 0 saturated carbocycles. The minimum absolute atomic E-state index is 0.195. The summed E-state index contributed by atoms with van der Waals surface area (Å²) in [6.45, 7) is 0. The Hall–Kier alpha value is -4.52. The molecule has 156 valence electrons. The van der Waals surface area contributed by atoms with Crippen molar-refractivity contribution in [2.45, 2.75) is 0 Å². The molecule has 3 aromatic carbocycles. The van der Waals surface area contributed by atoms with Crippen LogP contribution in [-0.2, 0) is 0 Å². The summed E-state index contributed by atoms with van der Waals surface area (Å²) in [6, 6.07) is 19.4.